The highest BCUT2D eigenvalue weighted by molar-refractivity contribution is 5.03. The lowest BCUT2D eigenvalue weighted by Gasteiger charge is -2.52. The monoisotopic (exact) mass is 372 g/mol. The van der Waals surface area contributed by atoms with Gasteiger partial charge in [0, 0.05) is 0 Å². The van der Waals surface area contributed by atoms with Crippen molar-refractivity contribution in [1.82, 2.24) is 0 Å². The predicted molar refractivity (Wildman–Crippen MR) is 102 cm³/mol. The minimum Gasteiger partial charge on any atom is -0.170 e. The molecule has 0 aromatic heterocycles. The van der Waals surface area contributed by atoms with Crippen LogP contribution in [0.1, 0.15) is 116 Å². The zero-order chi connectivity index (χ0) is 18.5. The van der Waals surface area contributed by atoms with Crippen LogP contribution in [0.5, 0.6) is 0 Å². The molecule has 0 heterocycles. The van der Waals surface area contributed by atoms with E-state index in [4.69, 9.17) is 0 Å². The van der Waals surface area contributed by atoms with Gasteiger partial charge >= 0.3 is 6.18 Å². The van der Waals surface area contributed by atoms with Gasteiger partial charge in [0.2, 0.25) is 0 Å². The summed E-state index contributed by atoms with van der Waals surface area (Å²) in [4.78, 5) is 0. The van der Waals surface area contributed by atoms with Gasteiger partial charge < -0.3 is 0 Å². The average molecular weight is 373 g/mol. The lowest BCUT2D eigenvalue weighted by atomic mass is 9.53. The van der Waals surface area contributed by atoms with Gasteiger partial charge in [-0.3, -0.25) is 0 Å². The Labute approximate surface area is 158 Å². The van der Waals surface area contributed by atoms with E-state index >= 15 is 13.2 Å². The highest BCUT2D eigenvalue weighted by Crippen LogP contribution is 2.63. The summed E-state index contributed by atoms with van der Waals surface area (Å²) in [6, 6.07) is 0. The van der Waals surface area contributed by atoms with Gasteiger partial charge in [0.05, 0.1) is 5.41 Å². The molecule has 0 saturated heterocycles. The first-order valence-electron chi connectivity index (χ1n) is 11.6. The Hall–Kier alpha value is -0.210. The Morgan fingerprint density at radius 3 is 0.808 bits per heavy atom. The van der Waals surface area contributed by atoms with Crippen LogP contribution < -0.4 is 0 Å². The summed E-state index contributed by atoms with van der Waals surface area (Å²) in [6.45, 7) is 0. The lowest BCUT2D eigenvalue weighted by molar-refractivity contribution is -0.290. The number of halogens is 3. The van der Waals surface area contributed by atoms with Crippen molar-refractivity contribution in [3.8, 4) is 0 Å². The second kappa shape index (κ2) is 9.32. The molecule has 3 rings (SSSR count). The Bertz CT molecular complexity index is 340. The Morgan fingerprint density at radius 2 is 0.615 bits per heavy atom. The van der Waals surface area contributed by atoms with Gasteiger partial charge in [-0.2, -0.15) is 13.2 Å². The van der Waals surface area contributed by atoms with Crippen molar-refractivity contribution in [2.24, 2.45) is 23.2 Å². The number of hydrogen-bond acceptors (Lipinski definition) is 0. The van der Waals surface area contributed by atoms with Crippen molar-refractivity contribution in [2.75, 3.05) is 0 Å². The normalized spacial score (nSPS) is 26.9. The number of alkyl halides is 3. The van der Waals surface area contributed by atoms with E-state index < -0.39 is 11.6 Å². The van der Waals surface area contributed by atoms with E-state index in [-0.39, 0.29) is 17.8 Å². The summed E-state index contributed by atoms with van der Waals surface area (Å²) in [5.41, 5.74) is -1.38. The Kier molecular flexibility index (Phi) is 7.36. The minimum atomic E-state index is -4.04. The average Bonchev–Trinajstić information content (AvgIpc) is 3.11. The van der Waals surface area contributed by atoms with Crippen molar-refractivity contribution >= 4 is 0 Å². The van der Waals surface area contributed by atoms with Gasteiger partial charge in [0.1, 0.15) is 0 Å². The van der Waals surface area contributed by atoms with Crippen LogP contribution in [0, 0.1) is 23.2 Å². The van der Waals surface area contributed by atoms with E-state index in [1.165, 1.54) is 0 Å². The van der Waals surface area contributed by atoms with E-state index in [9.17, 15) is 0 Å². The predicted octanol–water partition coefficient (Wildman–Crippen LogP) is 8.45. The first-order valence-corrected chi connectivity index (χ1v) is 11.6. The molecule has 0 N–H and O–H groups in total. The molecule has 0 unspecified atom stereocenters. The van der Waals surface area contributed by atoms with Gasteiger partial charge in [-0.15, -0.1) is 0 Å². The largest absolute Gasteiger partial charge is 0.395 e. The lowest BCUT2D eigenvalue weighted by Crippen LogP contribution is -2.55. The molecule has 0 spiro atoms. The van der Waals surface area contributed by atoms with Crippen LogP contribution in [-0.4, -0.2) is 6.18 Å². The molecule has 3 aliphatic rings. The van der Waals surface area contributed by atoms with Crippen molar-refractivity contribution in [3.05, 3.63) is 0 Å². The van der Waals surface area contributed by atoms with E-state index in [0.29, 0.717) is 0 Å². The number of rotatable bonds is 3. The third-order valence-electron chi connectivity index (χ3n) is 8.08. The molecule has 3 saturated carbocycles. The smallest absolute Gasteiger partial charge is 0.170 e. The third kappa shape index (κ3) is 4.27. The summed E-state index contributed by atoms with van der Waals surface area (Å²) in [5, 5.41) is 0. The fourth-order valence-corrected chi connectivity index (χ4v) is 6.97. The zero-order valence-corrected chi connectivity index (χ0v) is 16.6. The molecule has 0 amide bonds. The topological polar surface area (TPSA) is 0 Å². The van der Waals surface area contributed by atoms with Crippen LogP contribution in [0.3, 0.4) is 0 Å². The van der Waals surface area contributed by atoms with Crippen LogP contribution in [-0.2, 0) is 0 Å². The molecule has 0 aromatic carbocycles. The maximum absolute atomic E-state index is 15.1. The molecule has 3 heteroatoms. The highest BCUT2D eigenvalue weighted by Gasteiger charge is 2.65. The summed E-state index contributed by atoms with van der Waals surface area (Å²) in [5.74, 6) is -0.344. The van der Waals surface area contributed by atoms with Crippen LogP contribution in [0.15, 0.2) is 0 Å². The molecule has 3 fully saturated rings. The van der Waals surface area contributed by atoms with Crippen LogP contribution in [0.4, 0.5) is 13.2 Å². The molecule has 0 radical (unpaired) electrons. The molecular weight excluding hydrogens is 333 g/mol. The minimum absolute atomic E-state index is 0.115. The van der Waals surface area contributed by atoms with Crippen molar-refractivity contribution in [1.29, 1.82) is 0 Å². The molecule has 3 aliphatic carbocycles. The van der Waals surface area contributed by atoms with E-state index in [2.05, 4.69) is 0 Å². The second-order valence-corrected chi connectivity index (χ2v) is 9.50. The van der Waals surface area contributed by atoms with E-state index in [0.717, 1.165) is 116 Å². The SMILES string of the molecule is FC(F)(F)C(C1CCCCCC1)(C1CCCCCC1)C1CCCCCC1. The highest BCUT2D eigenvalue weighted by atomic mass is 19.4. The van der Waals surface area contributed by atoms with Crippen LogP contribution >= 0.6 is 0 Å². The van der Waals surface area contributed by atoms with Crippen molar-refractivity contribution < 1.29 is 13.2 Å². The van der Waals surface area contributed by atoms with E-state index in [1.807, 2.05) is 0 Å². The molecular formula is C23H39F3. The zero-order valence-electron chi connectivity index (χ0n) is 16.6. The van der Waals surface area contributed by atoms with Crippen molar-refractivity contribution in [3.63, 3.8) is 0 Å². The molecule has 0 bridgehead atoms. The van der Waals surface area contributed by atoms with Gasteiger partial charge in [0.25, 0.3) is 0 Å². The molecule has 0 atom stereocenters. The Balaban J connectivity index is 2.02. The van der Waals surface area contributed by atoms with Gasteiger partial charge in [-0.1, -0.05) is 77.0 Å². The van der Waals surface area contributed by atoms with Gasteiger partial charge in [0.15, 0.2) is 0 Å². The second-order valence-electron chi connectivity index (χ2n) is 9.50. The maximum Gasteiger partial charge on any atom is 0.395 e. The standard InChI is InChI=1S/C23H39F3/c24-23(25,26)22(19-13-7-1-2-8-14-19,20-15-9-3-4-10-16-20)21-17-11-5-6-12-18-21/h19-21H,1-18H2. The first-order chi connectivity index (χ1) is 12.6. The summed E-state index contributed by atoms with van der Waals surface area (Å²) < 4.78 is 45.4. The van der Waals surface area contributed by atoms with Gasteiger partial charge in [-0.25, -0.2) is 0 Å². The molecule has 0 aliphatic heterocycles. The fourth-order valence-electron chi connectivity index (χ4n) is 6.97. The van der Waals surface area contributed by atoms with Gasteiger partial charge in [-0.05, 0) is 56.3 Å². The Morgan fingerprint density at radius 1 is 0.385 bits per heavy atom. The fraction of sp³-hybridized carbons (Fsp3) is 1.00. The van der Waals surface area contributed by atoms with Crippen molar-refractivity contribution in [2.45, 2.75) is 122 Å². The third-order valence-corrected chi connectivity index (χ3v) is 8.08. The van der Waals surface area contributed by atoms with Crippen LogP contribution in [0.2, 0.25) is 0 Å². The van der Waals surface area contributed by atoms with Crippen LogP contribution in [0.25, 0.3) is 0 Å². The molecule has 26 heavy (non-hydrogen) atoms. The maximum atomic E-state index is 15.1. The first kappa shape index (κ1) is 20.5. The number of hydrogen-bond donors (Lipinski definition) is 0. The summed E-state index contributed by atoms with van der Waals surface area (Å²) in [6.07, 6.45) is 13.8. The quantitative estimate of drug-likeness (QED) is 0.436. The molecule has 152 valence electrons. The summed E-state index contributed by atoms with van der Waals surface area (Å²) >= 11 is 0. The molecule has 0 aromatic rings. The van der Waals surface area contributed by atoms with E-state index in [1.54, 1.807) is 0 Å². The molecule has 0 nitrogen and oxygen atoms in total. The summed E-state index contributed by atoms with van der Waals surface area (Å²) in [7, 11) is 0.